The summed E-state index contributed by atoms with van der Waals surface area (Å²) in [7, 11) is 0. The number of nitrogens with one attached hydrogen (secondary N) is 2. The Balaban J connectivity index is 1.81. The molecular formula is C16H15N3O4S. The van der Waals surface area contributed by atoms with E-state index < -0.39 is 10.8 Å². The summed E-state index contributed by atoms with van der Waals surface area (Å²) in [5.74, 6) is -0.733. The first-order valence-corrected chi connectivity index (χ1v) is 7.98. The first-order valence-electron chi connectivity index (χ1n) is 6.99. The Hall–Kier alpha value is -2.87. The Morgan fingerprint density at radius 1 is 1.08 bits per heavy atom. The lowest BCUT2D eigenvalue weighted by Gasteiger charge is -2.08. The molecule has 24 heavy (non-hydrogen) atoms. The number of amides is 2. The number of carbonyl (C=O) groups excluding carboxylic acids is 2. The highest BCUT2D eigenvalue weighted by molar-refractivity contribution is 8.00. The highest BCUT2D eigenvalue weighted by atomic mass is 32.2. The van der Waals surface area contributed by atoms with Crippen molar-refractivity contribution >= 4 is 29.3 Å². The summed E-state index contributed by atoms with van der Waals surface area (Å²) in [6.45, 7) is 1.95. The fraction of sp³-hybridized carbons (Fsp3) is 0.125. The van der Waals surface area contributed by atoms with Gasteiger partial charge in [0.25, 0.3) is 11.6 Å². The molecule has 0 heterocycles. The van der Waals surface area contributed by atoms with Crippen LogP contribution in [0.15, 0.2) is 53.4 Å². The number of benzene rings is 2. The highest BCUT2D eigenvalue weighted by Gasteiger charge is 2.10. The number of thioether (sulfide) groups is 1. The predicted octanol–water partition coefficient (Wildman–Crippen LogP) is 2.46. The lowest BCUT2D eigenvalue weighted by molar-refractivity contribution is -0.384. The van der Waals surface area contributed by atoms with Crippen LogP contribution < -0.4 is 10.9 Å². The summed E-state index contributed by atoms with van der Waals surface area (Å²) in [4.78, 5) is 34.6. The van der Waals surface area contributed by atoms with E-state index in [1.54, 1.807) is 0 Å². The number of non-ortho nitro benzene ring substituents is 1. The van der Waals surface area contributed by atoms with Crippen LogP contribution in [0.3, 0.4) is 0 Å². The van der Waals surface area contributed by atoms with E-state index in [9.17, 15) is 19.7 Å². The number of carbonyl (C=O) groups is 2. The highest BCUT2D eigenvalue weighted by Crippen LogP contribution is 2.21. The molecule has 7 nitrogen and oxygen atoms in total. The van der Waals surface area contributed by atoms with Crippen molar-refractivity contribution in [2.24, 2.45) is 0 Å². The maximum atomic E-state index is 11.9. The van der Waals surface area contributed by atoms with Crippen molar-refractivity contribution in [3.8, 4) is 0 Å². The zero-order valence-electron chi connectivity index (χ0n) is 12.8. The van der Waals surface area contributed by atoms with Crippen LogP contribution in [-0.2, 0) is 4.79 Å². The van der Waals surface area contributed by atoms with E-state index in [-0.39, 0.29) is 22.9 Å². The minimum Gasteiger partial charge on any atom is -0.272 e. The van der Waals surface area contributed by atoms with Crippen LogP contribution in [0.1, 0.15) is 15.9 Å². The summed E-state index contributed by atoms with van der Waals surface area (Å²) in [6.07, 6.45) is 0. The molecule has 0 unspecified atom stereocenters. The molecule has 0 saturated heterocycles. The number of nitro groups is 1. The quantitative estimate of drug-likeness (QED) is 0.492. The van der Waals surface area contributed by atoms with E-state index in [1.165, 1.54) is 36.0 Å². The van der Waals surface area contributed by atoms with Gasteiger partial charge in [-0.3, -0.25) is 30.6 Å². The molecule has 2 aromatic carbocycles. The second-order valence-electron chi connectivity index (χ2n) is 4.86. The molecule has 124 valence electrons. The number of rotatable bonds is 5. The second kappa shape index (κ2) is 8.11. The molecule has 0 aliphatic rings. The monoisotopic (exact) mass is 345 g/mol. The first kappa shape index (κ1) is 17.5. The smallest absolute Gasteiger partial charge is 0.269 e. The summed E-state index contributed by atoms with van der Waals surface area (Å²) in [5.41, 5.74) is 5.77. The molecule has 0 bridgehead atoms. The van der Waals surface area contributed by atoms with Crippen molar-refractivity contribution in [1.82, 2.24) is 10.9 Å². The average molecular weight is 345 g/mol. The Morgan fingerprint density at radius 3 is 2.38 bits per heavy atom. The Kier molecular flexibility index (Phi) is 5.91. The molecule has 2 amide bonds. The molecule has 0 saturated carbocycles. The van der Waals surface area contributed by atoms with E-state index >= 15 is 0 Å². The van der Waals surface area contributed by atoms with Gasteiger partial charge in [0.15, 0.2) is 0 Å². The molecule has 2 aromatic rings. The van der Waals surface area contributed by atoms with Gasteiger partial charge < -0.3 is 0 Å². The van der Waals surface area contributed by atoms with Crippen molar-refractivity contribution in [3.63, 3.8) is 0 Å². The molecule has 8 heteroatoms. The van der Waals surface area contributed by atoms with Crippen molar-refractivity contribution in [2.45, 2.75) is 11.8 Å². The minimum atomic E-state index is -0.549. The standard InChI is InChI=1S/C16H15N3O4S/c1-11-4-2-3-5-14(11)24-10-15(20)17-18-16(21)12-6-8-13(9-7-12)19(22)23/h2-9H,10H2,1H3,(H,17,20)(H,18,21). The van der Waals surface area contributed by atoms with Gasteiger partial charge in [0.1, 0.15) is 0 Å². The number of aryl methyl sites for hydroxylation is 1. The van der Waals surface area contributed by atoms with Gasteiger partial charge in [0, 0.05) is 22.6 Å². The fourth-order valence-corrected chi connectivity index (χ4v) is 2.66. The molecule has 2 rings (SSSR count). The van der Waals surface area contributed by atoms with Crippen molar-refractivity contribution in [1.29, 1.82) is 0 Å². The summed E-state index contributed by atoms with van der Waals surface area (Å²) in [5, 5.41) is 10.6. The van der Waals surface area contributed by atoms with E-state index in [4.69, 9.17) is 0 Å². The number of hydrogen-bond donors (Lipinski definition) is 2. The van der Waals surface area contributed by atoms with Gasteiger partial charge in [-0.2, -0.15) is 0 Å². The van der Waals surface area contributed by atoms with E-state index in [2.05, 4.69) is 10.9 Å². The van der Waals surface area contributed by atoms with Gasteiger partial charge in [0.2, 0.25) is 5.91 Å². The normalized spacial score (nSPS) is 10.0. The van der Waals surface area contributed by atoms with Crippen molar-refractivity contribution in [2.75, 3.05) is 5.75 Å². The third-order valence-corrected chi connectivity index (χ3v) is 4.28. The molecule has 0 radical (unpaired) electrons. The average Bonchev–Trinajstić information content (AvgIpc) is 2.59. The SMILES string of the molecule is Cc1ccccc1SCC(=O)NNC(=O)c1ccc([N+](=O)[O-])cc1. The second-order valence-corrected chi connectivity index (χ2v) is 5.88. The molecule has 0 spiro atoms. The molecule has 2 N–H and O–H groups in total. The van der Waals surface area contributed by atoms with Crippen molar-refractivity contribution < 1.29 is 14.5 Å². The molecule has 0 atom stereocenters. The van der Waals surface area contributed by atoms with Gasteiger partial charge in [-0.15, -0.1) is 11.8 Å². The zero-order valence-corrected chi connectivity index (χ0v) is 13.6. The lowest BCUT2D eigenvalue weighted by Crippen LogP contribution is -2.42. The molecule has 0 aliphatic carbocycles. The molecular weight excluding hydrogens is 330 g/mol. The maximum Gasteiger partial charge on any atom is 0.269 e. The van der Waals surface area contributed by atoms with Gasteiger partial charge in [-0.1, -0.05) is 18.2 Å². The van der Waals surface area contributed by atoms with Crippen LogP contribution in [0.2, 0.25) is 0 Å². The van der Waals surface area contributed by atoms with E-state index in [0.29, 0.717) is 0 Å². The van der Waals surface area contributed by atoms with Gasteiger partial charge in [-0.25, -0.2) is 0 Å². The predicted molar refractivity (Wildman–Crippen MR) is 90.6 cm³/mol. The number of nitrogens with zero attached hydrogens (tertiary/aromatic N) is 1. The number of hydrazine groups is 1. The maximum absolute atomic E-state index is 11.9. The summed E-state index contributed by atoms with van der Waals surface area (Å²) < 4.78 is 0. The number of hydrogen-bond acceptors (Lipinski definition) is 5. The van der Waals surface area contributed by atoms with Gasteiger partial charge in [0.05, 0.1) is 10.7 Å². The van der Waals surface area contributed by atoms with Gasteiger partial charge >= 0.3 is 0 Å². The van der Waals surface area contributed by atoms with E-state index in [0.717, 1.165) is 10.5 Å². The van der Waals surface area contributed by atoms with Crippen LogP contribution in [0.5, 0.6) is 0 Å². The first-order chi connectivity index (χ1) is 11.5. The largest absolute Gasteiger partial charge is 0.272 e. The summed E-state index contributed by atoms with van der Waals surface area (Å²) >= 11 is 1.37. The van der Waals surface area contributed by atoms with Gasteiger partial charge in [-0.05, 0) is 30.7 Å². The minimum absolute atomic E-state index is 0.106. The van der Waals surface area contributed by atoms with Crippen molar-refractivity contribution in [3.05, 3.63) is 69.8 Å². The fourth-order valence-electron chi connectivity index (χ4n) is 1.83. The van der Waals surface area contributed by atoms with Crippen LogP contribution >= 0.6 is 11.8 Å². The van der Waals surface area contributed by atoms with Crippen LogP contribution in [0, 0.1) is 17.0 Å². The molecule has 0 fully saturated rings. The molecule has 0 aliphatic heterocycles. The van der Waals surface area contributed by atoms with Crippen LogP contribution in [0.4, 0.5) is 5.69 Å². The Bertz CT molecular complexity index is 762. The lowest BCUT2D eigenvalue weighted by atomic mass is 10.2. The van der Waals surface area contributed by atoms with Crippen LogP contribution in [-0.4, -0.2) is 22.5 Å². The third-order valence-electron chi connectivity index (χ3n) is 3.11. The van der Waals surface area contributed by atoms with E-state index in [1.807, 2.05) is 31.2 Å². The Labute approximate surface area is 142 Å². The summed E-state index contributed by atoms with van der Waals surface area (Å²) in [6, 6.07) is 12.8. The molecule has 0 aromatic heterocycles. The topological polar surface area (TPSA) is 101 Å². The third kappa shape index (κ3) is 4.82. The Morgan fingerprint density at radius 2 is 1.75 bits per heavy atom. The number of nitro benzene ring substituents is 1. The zero-order chi connectivity index (χ0) is 17.5. The van der Waals surface area contributed by atoms with Crippen LogP contribution in [0.25, 0.3) is 0 Å².